The minimum Gasteiger partial charge on any atom is -0.367 e. The van der Waals surface area contributed by atoms with Crippen LogP contribution < -0.4 is 5.32 Å². The largest absolute Gasteiger partial charge is 0.453 e. The molecule has 0 unspecified atom stereocenters. The van der Waals surface area contributed by atoms with Crippen molar-refractivity contribution in [3.8, 4) is 0 Å². The molecule has 8 heteroatoms. The summed E-state index contributed by atoms with van der Waals surface area (Å²) in [6.07, 6.45) is 0.952. The van der Waals surface area contributed by atoms with Gasteiger partial charge in [-0.3, -0.25) is 0 Å². The number of aromatic nitrogens is 4. The topological polar surface area (TPSA) is 55.1 Å². The Hall–Kier alpha value is -1.86. The molecule has 1 fully saturated rings. The van der Waals surface area contributed by atoms with Crippen molar-refractivity contribution < 1.29 is 13.2 Å². The van der Waals surface area contributed by atoms with Crippen LogP contribution in [0.3, 0.4) is 0 Å². The van der Waals surface area contributed by atoms with Crippen LogP contribution in [0.4, 0.5) is 19.0 Å². The molecular formula is C13H16F3N5. The molecule has 0 aromatic carbocycles. The molecule has 2 aromatic heterocycles. The fourth-order valence-electron chi connectivity index (χ4n) is 2.67. The third kappa shape index (κ3) is 2.93. The van der Waals surface area contributed by atoms with E-state index in [0.717, 1.165) is 30.2 Å². The summed E-state index contributed by atoms with van der Waals surface area (Å²) in [5.41, 5.74) is 0.613. The Labute approximate surface area is 119 Å². The van der Waals surface area contributed by atoms with Crippen molar-refractivity contribution in [2.24, 2.45) is 0 Å². The first kappa shape index (κ1) is 14.1. The van der Waals surface area contributed by atoms with Gasteiger partial charge in [0.05, 0.1) is 0 Å². The molecule has 114 valence electrons. The van der Waals surface area contributed by atoms with Crippen LogP contribution in [0.1, 0.15) is 43.6 Å². The molecule has 0 aliphatic heterocycles. The van der Waals surface area contributed by atoms with Crippen LogP contribution in [0.25, 0.3) is 5.78 Å². The zero-order valence-electron chi connectivity index (χ0n) is 11.6. The van der Waals surface area contributed by atoms with Crippen molar-refractivity contribution in [2.45, 2.75) is 51.2 Å². The molecule has 0 spiro atoms. The number of rotatable bonds is 2. The fourth-order valence-corrected chi connectivity index (χ4v) is 2.67. The van der Waals surface area contributed by atoms with E-state index >= 15 is 0 Å². The van der Waals surface area contributed by atoms with Crippen molar-refractivity contribution in [3.63, 3.8) is 0 Å². The Bertz CT molecular complexity index is 643. The Morgan fingerprint density at radius 3 is 2.57 bits per heavy atom. The van der Waals surface area contributed by atoms with Gasteiger partial charge in [0, 0.05) is 17.8 Å². The second kappa shape index (κ2) is 5.16. The lowest BCUT2D eigenvalue weighted by Crippen LogP contribution is -2.24. The van der Waals surface area contributed by atoms with Gasteiger partial charge < -0.3 is 5.32 Å². The normalized spacial score (nSPS) is 17.3. The smallest absolute Gasteiger partial charge is 0.367 e. The third-order valence-corrected chi connectivity index (χ3v) is 3.65. The van der Waals surface area contributed by atoms with Crippen LogP contribution in [-0.4, -0.2) is 25.6 Å². The summed E-state index contributed by atoms with van der Waals surface area (Å²) >= 11 is 0. The number of hydrogen-bond donors (Lipinski definition) is 1. The van der Waals surface area contributed by atoms with Gasteiger partial charge in [-0.1, -0.05) is 19.3 Å². The summed E-state index contributed by atoms with van der Waals surface area (Å²) < 4.78 is 39.3. The molecule has 0 atom stereocenters. The van der Waals surface area contributed by atoms with Gasteiger partial charge in [0.15, 0.2) is 0 Å². The summed E-state index contributed by atoms with van der Waals surface area (Å²) in [5.74, 6) is -0.666. The highest BCUT2D eigenvalue weighted by atomic mass is 19.4. The van der Waals surface area contributed by atoms with Crippen molar-refractivity contribution >= 4 is 11.6 Å². The van der Waals surface area contributed by atoms with Crippen LogP contribution in [0.5, 0.6) is 0 Å². The van der Waals surface area contributed by atoms with Gasteiger partial charge in [0.2, 0.25) is 0 Å². The lowest BCUT2D eigenvalue weighted by atomic mass is 9.95. The highest BCUT2D eigenvalue weighted by molar-refractivity contribution is 5.46. The molecule has 1 aliphatic rings. The highest BCUT2D eigenvalue weighted by Crippen LogP contribution is 2.28. The van der Waals surface area contributed by atoms with Gasteiger partial charge in [-0.15, -0.1) is 5.10 Å². The van der Waals surface area contributed by atoms with E-state index in [1.807, 2.05) is 0 Å². The van der Waals surface area contributed by atoms with E-state index in [2.05, 4.69) is 20.4 Å². The van der Waals surface area contributed by atoms with Crippen LogP contribution in [0, 0.1) is 6.92 Å². The Balaban J connectivity index is 1.98. The summed E-state index contributed by atoms with van der Waals surface area (Å²) in [6, 6.07) is 1.97. The number of anilines is 1. The van der Waals surface area contributed by atoms with Crippen molar-refractivity contribution in [1.29, 1.82) is 0 Å². The molecule has 1 N–H and O–H groups in total. The number of alkyl halides is 3. The van der Waals surface area contributed by atoms with Crippen LogP contribution >= 0.6 is 0 Å². The van der Waals surface area contributed by atoms with Gasteiger partial charge in [0.25, 0.3) is 11.6 Å². The molecule has 0 saturated heterocycles. The van der Waals surface area contributed by atoms with E-state index in [-0.39, 0.29) is 11.8 Å². The van der Waals surface area contributed by atoms with E-state index < -0.39 is 12.0 Å². The van der Waals surface area contributed by atoms with Crippen LogP contribution in [0.15, 0.2) is 6.07 Å². The lowest BCUT2D eigenvalue weighted by molar-refractivity contribution is -0.144. The highest BCUT2D eigenvalue weighted by Gasteiger charge is 2.37. The van der Waals surface area contributed by atoms with Crippen LogP contribution in [0.2, 0.25) is 0 Å². The first-order valence-electron chi connectivity index (χ1n) is 7.01. The summed E-state index contributed by atoms with van der Waals surface area (Å²) in [7, 11) is 0. The van der Waals surface area contributed by atoms with Crippen LogP contribution in [-0.2, 0) is 6.18 Å². The Kier molecular flexibility index (Phi) is 3.46. The van der Waals surface area contributed by atoms with Crippen molar-refractivity contribution in [3.05, 3.63) is 17.6 Å². The van der Waals surface area contributed by atoms with Crippen molar-refractivity contribution in [1.82, 2.24) is 19.6 Å². The molecule has 0 radical (unpaired) electrons. The van der Waals surface area contributed by atoms with E-state index in [4.69, 9.17) is 0 Å². The summed E-state index contributed by atoms with van der Waals surface area (Å²) in [5, 5.41) is 6.83. The van der Waals surface area contributed by atoms with E-state index in [9.17, 15) is 13.2 Å². The molecular weight excluding hydrogens is 283 g/mol. The lowest BCUT2D eigenvalue weighted by Gasteiger charge is -2.23. The molecule has 5 nitrogen and oxygen atoms in total. The van der Waals surface area contributed by atoms with E-state index in [0.29, 0.717) is 11.5 Å². The maximum atomic E-state index is 12.7. The third-order valence-electron chi connectivity index (χ3n) is 3.65. The van der Waals surface area contributed by atoms with Crippen molar-refractivity contribution in [2.75, 3.05) is 5.32 Å². The van der Waals surface area contributed by atoms with E-state index in [1.165, 1.54) is 6.42 Å². The van der Waals surface area contributed by atoms with Gasteiger partial charge in [0.1, 0.15) is 5.82 Å². The quantitative estimate of drug-likeness (QED) is 0.925. The van der Waals surface area contributed by atoms with Gasteiger partial charge in [-0.2, -0.15) is 22.7 Å². The summed E-state index contributed by atoms with van der Waals surface area (Å²) in [4.78, 5) is 7.49. The van der Waals surface area contributed by atoms with Gasteiger partial charge >= 0.3 is 6.18 Å². The fraction of sp³-hybridized carbons (Fsp3) is 0.615. The molecule has 1 aliphatic carbocycles. The first-order chi connectivity index (χ1) is 9.93. The Morgan fingerprint density at radius 2 is 1.90 bits per heavy atom. The number of aryl methyl sites for hydroxylation is 1. The molecule has 2 aromatic rings. The number of fused-ring (bicyclic) bond motifs is 1. The minimum atomic E-state index is -4.57. The second-order valence-electron chi connectivity index (χ2n) is 5.41. The molecule has 1 saturated carbocycles. The predicted molar refractivity (Wildman–Crippen MR) is 71.0 cm³/mol. The number of halogens is 3. The zero-order valence-corrected chi connectivity index (χ0v) is 11.6. The molecule has 21 heavy (non-hydrogen) atoms. The zero-order chi connectivity index (χ0) is 15.0. The standard InChI is InChI=1S/C13H16F3N5/c1-8-7-10(18-9-5-3-2-4-6-9)21-12(17-8)19-11(20-21)13(14,15)16/h7,9,18H,2-6H2,1H3. The molecule has 3 rings (SSSR count). The average molecular weight is 299 g/mol. The molecule has 0 amide bonds. The SMILES string of the molecule is Cc1cc(NC2CCCCC2)n2nc(C(F)(F)F)nc2n1. The van der Waals surface area contributed by atoms with E-state index in [1.54, 1.807) is 13.0 Å². The molecule has 0 bridgehead atoms. The van der Waals surface area contributed by atoms with Gasteiger partial charge in [-0.05, 0) is 19.8 Å². The number of hydrogen-bond acceptors (Lipinski definition) is 4. The Morgan fingerprint density at radius 1 is 1.19 bits per heavy atom. The number of nitrogens with one attached hydrogen (secondary N) is 1. The second-order valence-corrected chi connectivity index (χ2v) is 5.41. The number of nitrogens with zero attached hydrogens (tertiary/aromatic N) is 4. The molecule has 2 heterocycles. The minimum absolute atomic E-state index is 0.0272. The summed E-state index contributed by atoms with van der Waals surface area (Å²) in [6.45, 7) is 1.73. The maximum absolute atomic E-state index is 12.7. The maximum Gasteiger partial charge on any atom is 0.453 e. The average Bonchev–Trinajstić information content (AvgIpc) is 2.84. The predicted octanol–water partition coefficient (Wildman–Crippen LogP) is 3.20. The monoisotopic (exact) mass is 299 g/mol. The van der Waals surface area contributed by atoms with Gasteiger partial charge in [-0.25, -0.2) is 4.98 Å². The first-order valence-corrected chi connectivity index (χ1v) is 7.01.